The number of nitrogens with two attached hydrogens (primary N) is 2. The molecule has 1 rings (SSSR count). The van der Waals surface area contributed by atoms with Crippen LogP contribution in [0.25, 0.3) is 0 Å². The van der Waals surface area contributed by atoms with E-state index in [1.54, 1.807) is 0 Å². The van der Waals surface area contributed by atoms with E-state index < -0.39 is 0 Å². The summed E-state index contributed by atoms with van der Waals surface area (Å²) in [4.78, 5) is 0. The van der Waals surface area contributed by atoms with Gasteiger partial charge in [-0.1, -0.05) is 32.4 Å². The number of hydrogen-bond donors (Lipinski definition) is 2. The molecule has 0 radical (unpaired) electrons. The Morgan fingerprint density at radius 3 is 2.14 bits per heavy atom. The molecular formula is C17H29ClN2O. The van der Waals surface area contributed by atoms with Gasteiger partial charge in [0.25, 0.3) is 0 Å². The van der Waals surface area contributed by atoms with E-state index in [1.165, 1.54) is 11.1 Å². The fraction of sp³-hybridized carbons (Fsp3) is 0.647. The average Bonchev–Trinajstić information content (AvgIpc) is 2.45. The zero-order valence-electron chi connectivity index (χ0n) is 13.7. The second-order valence-corrected chi connectivity index (χ2v) is 6.41. The van der Waals surface area contributed by atoms with Crippen LogP contribution in [-0.4, -0.2) is 19.7 Å². The van der Waals surface area contributed by atoms with Crippen molar-refractivity contribution in [3.63, 3.8) is 0 Å². The van der Waals surface area contributed by atoms with Crippen molar-refractivity contribution in [2.24, 2.45) is 17.4 Å². The maximum atomic E-state index is 6.31. The van der Waals surface area contributed by atoms with Gasteiger partial charge in [-0.15, -0.1) is 0 Å². The fourth-order valence-electron chi connectivity index (χ4n) is 2.66. The summed E-state index contributed by atoms with van der Waals surface area (Å²) in [7, 11) is 0. The summed E-state index contributed by atoms with van der Waals surface area (Å²) in [5.74, 6) is 2.00. The molecule has 4 heteroatoms. The molecular weight excluding hydrogens is 284 g/mol. The molecule has 0 aromatic heterocycles. The molecule has 0 heterocycles. The first-order chi connectivity index (χ1) is 9.94. The molecule has 0 bridgehead atoms. The molecule has 1 aromatic carbocycles. The summed E-state index contributed by atoms with van der Waals surface area (Å²) in [6.45, 7) is 10.4. The van der Waals surface area contributed by atoms with Gasteiger partial charge in [-0.3, -0.25) is 0 Å². The molecule has 1 aromatic rings. The number of hydrogen-bond acceptors (Lipinski definition) is 3. The number of rotatable bonds is 8. The Morgan fingerprint density at radius 1 is 1.10 bits per heavy atom. The maximum absolute atomic E-state index is 6.31. The molecule has 0 spiro atoms. The van der Waals surface area contributed by atoms with E-state index in [0.717, 1.165) is 17.2 Å². The lowest BCUT2D eigenvalue weighted by Crippen LogP contribution is -2.24. The third-order valence-electron chi connectivity index (χ3n) is 3.91. The predicted octanol–water partition coefficient (Wildman–Crippen LogP) is 3.89. The largest absolute Gasteiger partial charge is 0.493 e. The third-order valence-corrected chi connectivity index (χ3v) is 4.12. The summed E-state index contributed by atoms with van der Waals surface area (Å²) >= 11 is 6.31. The average molecular weight is 313 g/mol. The van der Waals surface area contributed by atoms with Crippen molar-refractivity contribution < 1.29 is 4.74 Å². The van der Waals surface area contributed by atoms with Gasteiger partial charge in [0, 0.05) is 5.02 Å². The van der Waals surface area contributed by atoms with Gasteiger partial charge in [0.1, 0.15) is 5.75 Å². The summed E-state index contributed by atoms with van der Waals surface area (Å²) in [5.41, 5.74) is 13.9. The van der Waals surface area contributed by atoms with Crippen LogP contribution in [-0.2, 0) is 0 Å². The Kier molecular flexibility index (Phi) is 7.50. The van der Waals surface area contributed by atoms with Crippen LogP contribution in [0.1, 0.15) is 57.1 Å². The lowest BCUT2D eigenvalue weighted by molar-refractivity contribution is 0.326. The lowest BCUT2D eigenvalue weighted by Gasteiger charge is -2.24. The van der Waals surface area contributed by atoms with Gasteiger partial charge in [-0.05, 0) is 67.4 Å². The van der Waals surface area contributed by atoms with Crippen molar-refractivity contribution in [3.05, 3.63) is 28.3 Å². The molecule has 0 aliphatic heterocycles. The van der Waals surface area contributed by atoms with Gasteiger partial charge in [0.2, 0.25) is 0 Å². The lowest BCUT2D eigenvalue weighted by atomic mass is 9.87. The van der Waals surface area contributed by atoms with Gasteiger partial charge in [0.05, 0.1) is 6.61 Å². The van der Waals surface area contributed by atoms with E-state index in [-0.39, 0.29) is 0 Å². The van der Waals surface area contributed by atoms with Gasteiger partial charge >= 0.3 is 0 Å². The smallest absolute Gasteiger partial charge is 0.126 e. The van der Waals surface area contributed by atoms with Crippen LogP contribution in [0.15, 0.2) is 12.1 Å². The molecule has 120 valence electrons. The molecule has 3 nitrogen and oxygen atoms in total. The molecule has 1 unspecified atom stereocenters. The second kappa shape index (κ2) is 8.62. The molecule has 0 saturated heterocycles. The first-order valence-electron chi connectivity index (χ1n) is 7.80. The summed E-state index contributed by atoms with van der Waals surface area (Å²) < 4.78 is 5.93. The number of ether oxygens (including phenoxy) is 1. The molecule has 4 N–H and O–H groups in total. The van der Waals surface area contributed by atoms with E-state index in [1.807, 2.05) is 19.1 Å². The maximum Gasteiger partial charge on any atom is 0.126 e. The Balaban J connectivity index is 3.19. The number of benzene rings is 1. The summed E-state index contributed by atoms with van der Waals surface area (Å²) in [5, 5.41) is 0.765. The highest BCUT2D eigenvalue weighted by molar-refractivity contribution is 6.30. The first kappa shape index (κ1) is 18.3. The van der Waals surface area contributed by atoms with Crippen LogP contribution >= 0.6 is 11.6 Å². The highest BCUT2D eigenvalue weighted by Gasteiger charge is 2.20. The van der Waals surface area contributed by atoms with Crippen LogP contribution in [0.3, 0.4) is 0 Å². The van der Waals surface area contributed by atoms with E-state index in [0.29, 0.717) is 37.5 Å². The monoisotopic (exact) mass is 312 g/mol. The minimum atomic E-state index is 0.319. The Bertz CT molecular complexity index is 445. The van der Waals surface area contributed by atoms with Gasteiger partial charge in [-0.2, -0.15) is 0 Å². The molecule has 0 fully saturated rings. The van der Waals surface area contributed by atoms with E-state index >= 15 is 0 Å². The molecule has 0 aliphatic rings. The highest BCUT2D eigenvalue weighted by atomic mass is 35.5. The van der Waals surface area contributed by atoms with Crippen LogP contribution in [0.5, 0.6) is 5.75 Å². The molecule has 0 aliphatic carbocycles. The van der Waals surface area contributed by atoms with E-state index in [2.05, 4.69) is 20.8 Å². The highest BCUT2D eigenvalue weighted by Crippen LogP contribution is 2.39. The van der Waals surface area contributed by atoms with Crippen LogP contribution in [0, 0.1) is 5.92 Å². The molecule has 1 atom stereocenters. The van der Waals surface area contributed by atoms with Crippen molar-refractivity contribution in [2.75, 3.05) is 19.7 Å². The predicted molar refractivity (Wildman–Crippen MR) is 91.3 cm³/mol. The fourth-order valence-corrected chi connectivity index (χ4v) is 2.89. The van der Waals surface area contributed by atoms with E-state index in [9.17, 15) is 0 Å². The standard InChI is InChI=1S/C17H29ClN2O/c1-5-21-17-15(11(2)3)7-14(18)8-16(17)12(4)6-13(9-19)10-20/h7-8,11-13H,5-6,9-10,19-20H2,1-4H3. The van der Waals surface area contributed by atoms with Crippen LogP contribution < -0.4 is 16.2 Å². The molecule has 0 saturated carbocycles. The normalized spacial score (nSPS) is 13.0. The molecule has 21 heavy (non-hydrogen) atoms. The first-order valence-corrected chi connectivity index (χ1v) is 8.18. The van der Waals surface area contributed by atoms with E-state index in [4.69, 9.17) is 27.8 Å². The Labute approximate surface area is 134 Å². The van der Waals surface area contributed by atoms with Crippen molar-refractivity contribution in [1.29, 1.82) is 0 Å². The zero-order chi connectivity index (χ0) is 16.0. The summed E-state index contributed by atoms with van der Waals surface area (Å²) in [6.07, 6.45) is 0.949. The van der Waals surface area contributed by atoms with Crippen molar-refractivity contribution in [1.82, 2.24) is 0 Å². The SMILES string of the molecule is CCOc1c(C(C)C)cc(Cl)cc1C(C)CC(CN)CN. The Hall–Kier alpha value is -0.770. The Morgan fingerprint density at radius 2 is 1.67 bits per heavy atom. The molecule has 0 amide bonds. The minimum Gasteiger partial charge on any atom is -0.493 e. The van der Waals surface area contributed by atoms with Crippen LogP contribution in [0.2, 0.25) is 5.02 Å². The van der Waals surface area contributed by atoms with Crippen LogP contribution in [0.4, 0.5) is 0 Å². The van der Waals surface area contributed by atoms with Gasteiger partial charge < -0.3 is 16.2 Å². The van der Waals surface area contributed by atoms with Crippen molar-refractivity contribution in [2.45, 2.75) is 46.0 Å². The van der Waals surface area contributed by atoms with Crippen molar-refractivity contribution in [3.8, 4) is 5.75 Å². The zero-order valence-corrected chi connectivity index (χ0v) is 14.4. The third kappa shape index (κ3) is 4.87. The second-order valence-electron chi connectivity index (χ2n) is 5.98. The quantitative estimate of drug-likeness (QED) is 0.765. The van der Waals surface area contributed by atoms with Gasteiger partial charge in [0.15, 0.2) is 0 Å². The van der Waals surface area contributed by atoms with Crippen molar-refractivity contribution >= 4 is 11.6 Å². The topological polar surface area (TPSA) is 61.3 Å². The van der Waals surface area contributed by atoms with Gasteiger partial charge in [-0.25, -0.2) is 0 Å². The summed E-state index contributed by atoms with van der Waals surface area (Å²) in [6, 6.07) is 4.03. The number of halogens is 1. The minimum absolute atomic E-state index is 0.319.